The van der Waals surface area contributed by atoms with E-state index in [1.165, 1.54) is 12.0 Å². The van der Waals surface area contributed by atoms with E-state index in [9.17, 15) is 18.0 Å². The second-order valence-electron chi connectivity index (χ2n) is 7.06. The molecule has 1 aliphatic heterocycles. The van der Waals surface area contributed by atoms with Gasteiger partial charge in [0.25, 0.3) is 5.91 Å². The molecule has 1 atom stereocenters. The third-order valence-electron chi connectivity index (χ3n) is 4.93. The van der Waals surface area contributed by atoms with Gasteiger partial charge in [-0.15, -0.1) is 0 Å². The first-order chi connectivity index (χ1) is 13.9. The minimum absolute atomic E-state index is 0.00587. The van der Waals surface area contributed by atoms with Crippen molar-refractivity contribution in [2.24, 2.45) is 0 Å². The third-order valence-corrected chi connectivity index (χ3v) is 6.68. The lowest BCUT2D eigenvalue weighted by atomic mass is 10.1. The van der Waals surface area contributed by atoms with Crippen molar-refractivity contribution in [3.8, 4) is 0 Å². The summed E-state index contributed by atoms with van der Waals surface area (Å²) in [5, 5.41) is 0.747. The van der Waals surface area contributed by atoms with Gasteiger partial charge in [0.1, 0.15) is 5.58 Å². The Hall–Kier alpha value is -2.39. The van der Waals surface area contributed by atoms with Crippen molar-refractivity contribution in [2.45, 2.75) is 32.4 Å². The normalized spacial score (nSPS) is 18.1. The number of hydrogen-bond donors (Lipinski definition) is 0. The van der Waals surface area contributed by atoms with Crippen molar-refractivity contribution >= 4 is 32.7 Å². The Kier molecular flexibility index (Phi) is 6.59. The van der Waals surface area contributed by atoms with Crippen molar-refractivity contribution < 1.29 is 31.9 Å². The lowest BCUT2D eigenvalue weighted by Crippen LogP contribution is -2.43. The number of methoxy groups -OCH3 is 1. The summed E-state index contributed by atoms with van der Waals surface area (Å²) >= 11 is 0. The predicted octanol–water partition coefficient (Wildman–Crippen LogP) is 2.16. The van der Waals surface area contributed by atoms with Crippen LogP contribution < -0.4 is 0 Å². The number of para-hydroxylation sites is 1. The SMILES string of the molecule is CCCN(C(=O)COC(=O)c1oc2ccccc2c1COC)[C@H]1CCS(=O)(=O)C1. The average molecular weight is 423 g/mol. The van der Waals surface area contributed by atoms with Crippen LogP contribution in [0.25, 0.3) is 11.0 Å². The van der Waals surface area contributed by atoms with Crippen molar-refractivity contribution in [1.82, 2.24) is 4.90 Å². The summed E-state index contributed by atoms with van der Waals surface area (Å²) in [4.78, 5) is 26.7. The molecule has 0 bridgehead atoms. The Bertz CT molecular complexity index is 995. The lowest BCUT2D eigenvalue weighted by Gasteiger charge is -2.27. The van der Waals surface area contributed by atoms with E-state index >= 15 is 0 Å². The molecule has 3 rings (SSSR count). The van der Waals surface area contributed by atoms with E-state index in [4.69, 9.17) is 13.9 Å². The molecule has 0 spiro atoms. The molecule has 0 unspecified atom stereocenters. The molecule has 1 aromatic heterocycles. The second-order valence-corrected chi connectivity index (χ2v) is 9.29. The third kappa shape index (κ3) is 4.79. The largest absolute Gasteiger partial charge is 0.450 e. The van der Waals surface area contributed by atoms with E-state index in [-0.39, 0.29) is 29.9 Å². The highest BCUT2D eigenvalue weighted by Gasteiger charge is 2.34. The summed E-state index contributed by atoms with van der Waals surface area (Å²) in [5.41, 5.74) is 1.09. The van der Waals surface area contributed by atoms with E-state index in [0.717, 1.165) is 5.39 Å². The molecular weight excluding hydrogens is 398 g/mol. The smallest absolute Gasteiger partial charge is 0.375 e. The average Bonchev–Trinajstić information content (AvgIpc) is 3.24. The quantitative estimate of drug-likeness (QED) is 0.600. The molecule has 1 saturated heterocycles. The van der Waals surface area contributed by atoms with Crippen molar-refractivity contribution in [3.05, 3.63) is 35.6 Å². The van der Waals surface area contributed by atoms with Gasteiger partial charge in [-0.25, -0.2) is 13.2 Å². The number of hydrogen-bond acceptors (Lipinski definition) is 7. The van der Waals surface area contributed by atoms with Gasteiger partial charge in [0.2, 0.25) is 5.76 Å². The highest BCUT2D eigenvalue weighted by Crippen LogP contribution is 2.27. The molecule has 1 fully saturated rings. The topological polar surface area (TPSA) is 103 Å². The number of benzene rings is 1. The molecule has 29 heavy (non-hydrogen) atoms. The number of esters is 1. The Morgan fingerprint density at radius 2 is 2.03 bits per heavy atom. The number of carbonyl (C=O) groups excluding carboxylic acids is 2. The maximum absolute atomic E-state index is 12.6. The maximum atomic E-state index is 12.6. The first-order valence-electron chi connectivity index (χ1n) is 9.52. The molecule has 1 aromatic carbocycles. The van der Waals surface area contributed by atoms with E-state index in [2.05, 4.69) is 0 Å². The number of ether oxygens (including phenoxy) is 2. The minimum atomic E-state index is -3.12. The van der Waals surface area contributed by atoms with Gasteiger partial charge in [-0.05, 0) is 18.9 Å². The summed E-state index contributed by atoms with van der Waals surface area (Å²) in [5.74, 6) is -1.13. The van der Waals surface area contributed by atoms with Crippen LogP contribution in [0.4, 0.5) is 0 Å². The van der Waals surface area contributed by atoms with E-state index in [1.54, 1.807) is 12.1 Å². The van der Waals surface area contributed by atoms with Gasteiger partial charge in [0, 0.05) is 30.6 Å². The number of furan rings is 1. The minimum Gasteiger partial charge on any atom is -0.450 e. The number of nitrogens with zero attached hydrogens (tertiary/aromatic N) is 1. The Morgan fingerprint density at radius 1 is 1.28 bits per heavy atom. The molecule has 2 aromatic rings. The fourth-order valence-electron chi connectivity index (χ4n) is 3.60. The van der Waals surface area contributed by atoms with Crippen molar-refractivity contribution in [3.63, 3.8) is 0 Å². The summed E-state index contributed by atoms with van der Waals surface area (Å²) < 4.78 is 39.5. The fraction of sp³-hybridized carbons (Fsp3) is 0.500. The molecule has 0 radical (unpaired) electrons. The fourth-order valence-corrected chi connectivity index (χ4v) is 5.33. The molecule has 158 valence electrons. The molecule has 1 aliphatic rings. The summed E-state index contributed by atoms with van der Waals surface area (Å²) in [6, 6.07) is 6.80. The van der Waals surface area contributed by atoms with Gasteiger partial charge in [0.05, 0.1) is 18.1 Å². The number of carbonyl (C=O) groups is 2. The molecule has 0 N–H and O–H groups in total. The zero-order valence-electron chi connectivity index (χ0n) is 16.5. The molecule has 8 nitrogen and oxygen atoms in total. The first kappa shape index (κ1) is 21.3. The molecule has 0 aliphatic carbocycles. The Morgan fingerprint density at radius 3 is 2.69 bits per heavy atom. The van der Waals surface area contributed by atoms with Gasteiger partial charge in [-0.3, -0.25) is 4.79 Å². The van der Waals surface area contributed by atoms with Crippen LogP contribution in [0, 0.1) is 0 Å². The van der Waals surface area contributed by atoms with E-state index in [0.29, 0.717) is 30.5 Å². The van der Waals surface area contributed by atoms with Crippen LogP contribution >= 0.6 is 0 Å². The monoisotopic (exact) mass is 423 g/mol. The summed E-state index contributed by atoms with van der Waals surface area (Å²) in [6.45, 7) is 2.01. The molecular formula is C20H25NO7S. The van der Waals surface area contributed by atoms with E-state index in [1.807, 2.05) is 19.1 Å². The maximum Gasteiger partial charge on any atom is 0.375 e. The van der Waals surface area contributed by atoms with Crippen LogP contribution in [-0.4, -0.2) is 63.0 Å². The molecule has 2 heterocycles. The highest BCUT2D eigenvalue weighted by atomic mass is 32.2. The first-order valence-corrected chi connectivity index (χ1v) is 11.3. The van der Waals surface area contributed by atoms with Crippen LogP contribution in [0.3, 0.4) is 0 Å². The standard InChI is InChI=1S/C20H25NO7S/c1-3-9-21(14-8-10-29(24,25)13-14)18(22)12-27-20(23)19-16(11-26-2)15-6-4-5-7-17(15)28-19/h4-7,14H,3,8-13H2,1-2H3/t14-/m0/s1. The number of rotatable bonds is 8. The van der Waals surface area contributed by atoms with Crippen molar-refractivity contribution in [2.75, 3.05) is 31.8 Å². The predicted molar refractivity (Wildman–Crippen MR) is 106 cm³/mol. The number of fused-ring (bicyclic) bond motifs is 1. The van der Waals surface area contributed by atoms with Gasteiger partial charge >= 0.3 is 5.97 Å². The van der Waals surface area contributed by atoms with Crippen LogP contribution in [0.15, 0.2) is 28.7 Å². The van der Waals surface area contributed by atoms with Crippen LogP contribution in [0.2, 0.25) is 0 Å². The molecule has 0 saturated carbocycles. The van der Waals surface area contributed by atoms with Crippen LogP contribution in [0.5, 0.6) is 0 Å². The summed E-state index contributed by atoms with van der Waals surface area (Å²) in [6.07, 6.45) is 1.08. The summed E-state index contributed by atoms with van der Waals surface area (Å²) in [7, 11) is -1.61. The van der Waals surface area contributed by atoms with Crippen LogP contribution in [-0.2, 0) is 30.7 Å². The van der Waals surface area contributed by atoms with Gasteiger partial charge in [-0.2, -0.15) is 0 Å². The van der Waals surface area contributed by atoms with E-state index < -0.39 is 28.3 Å². The number of amides is 1. The Balaban J connectivity index is 1.71. The van der Waals surface area contributed by atoms with Gasteiger partial charge in [0.15, 0.2) is 16.4 Å². The lowest BCUT2D eigenvalue weighted by molar-refractivity contribution is -0.136. The second kappa shape index (κ2) is 8.96. The number of sulfone groups is 1. The Labute approximate surface area is 169 Å². The van der Waals surface area contributed by atoms with Crippen molar-refractivity contribution in [1.29, 1.82) is 0 Å². The van der Waals surface area contributed by atoms with Crippen LogP contribution in [0.1, 0.15) is 35.9 Å². The highest BCUT2D eigenvalue weighted by molar-refractivity contribution is 7.91. The molecule has 1 amide bonds. The van der Waals surface area contributed by atoms with Gasteiger partial charge in [-0.1, -0.05) is 25.1 Å². The zero-order chi connectivity index (χ0) is 21.0. The molecule has 9 heteroatoms. The van der Waals surface area contributed by atoms with Gasteiger partial charge < -0.3 is 18.8 Å². The zero-order valence-corrected chi connectivity index (χ0v) is 17.4.